The SMILES string of the molecule is CCO[Si](CCN(C)[Si](CC)(CC)CC)(OCC)OCC. The minimum atomic E-state index is -2.49. The molecule has 0 saturated heterocycles. The van der Waals surface area contributed by atoms with Crippen LogP contribution in [0.4, 0.5) is 0 Å². The number of rotatable bonds is 13. The van der Waals surface area contributed by atoms with E-state index in [1.54, 1.807) is 0 Å². The van der Waals surface area contributed by atoms with Crippen LogP contribution in [0.15, 0.2) is 0 Å². The molecule has 21 heavy (non-hydrogen) atoms. The third-order valence-electron chi connectivity index (χ3n) is 4.63. The van der Waals surface area contributed by atoms with Crippen molar-refractivity contribution < 1.29 is 13.3 Å². The quantitative estimate of drug-likeness (QED) is 0.477. The van der Waals surface area contributed by atoms with Crippen molar-refractivity contribution in [1.29, 1.82) is 0 Å². The Bertz CT molecular complexity index is 238. The second-order valence-corrected chi connectivity index (χ2v) is 13.5. The Kier molecular flexibility index (Phi) is 11.1. The Balaban J connectivity index is 4.86. The van der Waals surface area contributed by atoms with E-state index in [0.717, 1.165) is 12.6 Å². The van der Waals surface area contributed by atoms with Crippen molar-refractivity contribution in [3.05, 3.63) is 0 Å². The summed E-state index contributed by atoms with van der Waals surface area (Å²) in [6.07, 6.45) is 0. The van der Waals surface area contributed by atoms with E-state index in [0.29, 0.717) is 19.8 Å². The number of hydrogen-bond acceptors (Lipinski definition) is 4. The number of hydrogen-bond donors (Lipinski definition) is 0. The molecule has 0 N–H and O–H groups in total. The highest BCUT2D eigenvalue weighted by molar-refractivity contribution is 6.77. The predicted molar refractivity (Wildman–Crippen MR) is 95.3 cm³/mol. The predicted octanol–water partition coefficient (Wildman–Crippen LogP) is 3.97. The van der Waals surface area contributed by atoms with Gasteiger partial charge in [0.2, 0.25) is 0 Å². The van der Waals surface area contributed by atoms with Gasteiger partial charge in [0.15, 0.2) is 0 Å². The van der Waals surface area contributed by atoms with Crippen LogP contribution in [-0.4, -0.2) is 55.0 Å². The van der Waals surface area contributed by atoms with E-state index in [2.05, 4.69) is 32.4 Å². The van der Waals surface area contributed by atoms with Gasteiger partial charge in [-0.1, -0.05) is 20.8 Å². The summed E-state index contributed by atoms with van der Waals surface area (Å²) in [5, 5.41) is 0. The Morgan fingerprint density at radius 3 is 1.38 bits per heavy atom. The van der Waals surface area contributed by atoms with Gasteiger partial charge in [0.1, 0.15) is 8.24 Å². The van der Waals surface area contributed by atoms with Crippen molar-refractivity contribution in [2.24, 2.45) is 0 Å². The zero-order chi connectivity index (χ0) is 16.4. The van der Waals surface area contributed by atoms with E-state index in [1.165, 1.54) is 18.1 Å². The van der Waals surface area contributed by atoms with Gasteiger partial charge in [0.25, 0.3) is 0 Å². The summed E-state index contributed by atoms with van der Waals surface area (Å²) in [4.78, 5) is 0. The van der Waals surface area contributed by atoms with Crippen molar-refractivity contribution in [3.63, 3.8) is 0 Å². The standard InChI is InChI=1S/C15H37NO3Si2/c1-8-17-21(18-9-2,19-10-3)15-14-16(7)20(11-4,12-5)13-6/h8-15H2,1-7H3. The molecular weight excluding hydrogens is 298 g/mol. The first-order valence-electron chi connectivity index (χ1n) is 8.62. The van der Waals surface area contributed by atoms with Crippen LogP contribution in [-0.2, 0) is 13.3 Å². The minimum absolute atomic E-state index is 0.661. The fraction of sp³-hybridized carbons (Fsp3) is 1.00. The first-order valence-corrected chi connectivity index (χ1v) is 13.1. The highest BCUT2D eigenvalue weighted by Gasteiger charge is 2.42. The van der Waals surface area contributed by atoms with E-state index in [-0.39, 0.29) is 0 Å². The van der Waals surface area contributed by atoms with Gasteiger partial charge >= 0.3 is 8.80 Å². The molecular formula is C15H37NO3Si2. The largest absolute Gasteiger partial charge is 0.502 e. The van der Waals surface area contributed by atoms with E-state index < -0.39 is 17.0 Å². The van der Waals surface area contributed by atoms with Crippen LogP contribution in [0.2, 0.25) is 24.2 Å². The van der Waals surface area contributed by atoms with Gasteiger partial charge in [0.05, 0.1) is 0 Å². The van der Waals surface area contributed by atoms with Crippen molar-refractivity contribution in [2.45, 2.75) is 65.7 Å². The second kappa shape index (κ2) is 10.9. The fourth-order valence-corrected chi connectivity index (χ4v) is 9.64. The molecule has 0 heterocycles. The van der Waals surface area contributed by atoms with Gasteiger partial charge in [-0.3, -0.25) is 0 Å². The molecule has 0 unspecified atom stereocenters. The maximum atomic E-state index is 5.96. The van der Waals surface area contributed by atoms with Crippen molar-refractivity contribution in [2.75, 3.05) is 33.4 Å². The summed E-state index contributed by atoms with van der Waals surface area (Å²) in [6, 6.07) is 4.82. The molecule has 128 valence electrons. The van der Waals surface area contributed by atoms with Gasteiger partial charge in [-0.05, 0) is 52.5 Å². The lowest BCUT2D eigenvalue weighted by atomic mass is 10.8. The summed E-state index contributed by atoms with van der Waals surface area (Å²) >= 11 is 0. The van der Waals surface area contributed by atoms with Crippen LogP contribution in [0.3, 0.4) is 0 Å². The summed E-state index contributed by atoms with van der Waals surface area (Å²) in [5.74, 6) is 0. The molecule has 0 aromatic carbocycles. The van der Waals surface area contributed by atoms with Crippen LogP contribution in [0, 0.1) is 0 Å². The zero-order valence-corrected chi connectivity index (χ0v) is 17.3. The van der Waals surface area contributed by atoms with E-state index in [9.17, 15) is 0 Å². The van der Waals surface area contributed by atoms with Crippen LogP contribution in [0.1, 0.15) is 41.5 Å². The molecule has 0 fully saturated rings. The Labute approximate surface area is 134 Å². The Hall–Kier alpha value is 0.274. The average molecular weight is 336 g/mol. The molecule has 0 spiro atoms. The van der Waals surface area contributed by atoms with Gasteiger partial charge in [-0.15, -0.1) is 0 Å². The molecule has 0 aliphatic carbocycles. The highest BCUT2D eigenvalue weighted by atomic mass is 28.4. The molecule has 0 atom stereocenters. The summed E-state index contributed by atoms with van der Waals surface area (Å²) in [6.45, 7) is 16.1. The van der Waals surface area contributed by atoms with E-state index in [4.69, 9.17) is 13.3 Å². The minimum Gasteiger partial charge on any atom is -0.374 e. The maximum absolute atomic E-state index is 5.96. The van der Waals surface area contributed by atoms with Crippen molar-refractivity contribution in [1.82, 2.24) is 4.57 Å². The number of nitrogens with zero attached hydrogens (tertiary/aromatic N) is 1. The summed E-state index contributed by atoms with van der Waals surface area (Å²) in [7, 11) is -1.51. The molecule has 0 radical (unpaired) electrons. The van der Waals surface area contributed by atoms with Crippen molar-refractivity contribution in [3.8, 4) is 0 Å². The molecule has 0 saturated carbocycles. The van der Waals surface area contributed by atoms with Gasteiger partial charge in [0, 0.05) is 25.9 Å². The summed E-state index contributed by atoms with van der Waals surface area (Å²) < 4.78 is 20.5. The topological polar surface area (TPSA) is 30.9 Å². The van der Waals surface area contributed by atoms with Crippen molar-refractivity contribution >= 4 is 17.0 Å². The van der Waals surface area contributed by atoms with Gasteiger partial charge in [-0.2, -0.15) is 0 Å². The lowest BCUT2D eigenvalue weighted by molar-refractivity contribution is 0.0702. The fourth-order valence-electron chi connectivity index (χ4n) is 3.10. The molecule has 0 aliphatic rings. The molecule has 0 aromatic heterocycles. The first kappa shape index (κ1) is 21.3. The third-order valence-corrected chi connectivity index (χ3v) is 13.4. The van der Waals surface area contributed by atoms with Crippen LogP contribution in [0.25, 0.3) is 0 Å². The van der Waals surface area contributed by atoms with Crippen LogP contribution in [0.5, 0.6) is 0 Å². The molecule has 0 rings (SSSR count). The lowest BCUT2D eigenvalue weighted by Crippen LogP contribution is -2.54. The highest BCUT2D eigenvalue weighted by Crippen LogP contribution is 2.25. The molecule has 0 amide bonds. The van der Waals surface area contributed by atoms with E-state index in [1.807, 2.05) is 20.8 Å². The van der Waals surface area contributed by atoms with Gasteiger partial charge < -0.3 is 17.8 Å². The molecule has 0 aromatic rings. The van der Waals surface area contributed by atoms with Crippen LogP contribution >= 0.6 is 0 Å². The molecule has 0 aliphatic heterocycles. The Morgan fingerprint density at radius 1 is 0.714 bits per heavy atom. The average Bonchev–Trinajstić information content (AvgIpc) is 2.48. The second-order valence-electron chi connectivity index (χ2n) is 5.44. The zero-order valence-electron chi connectivity index (χ0n) is 15.3. The van der Waals surface area contributed by atoms with Crippen LogP contribution < -0.4 is 0 Å². The normalized spacial score (nSPS) is 13.1. The maximum Gasteiger partial charge on any atom is 0.502 e. The van der Waals surface area contributed by atoms with Gasteiger partial charge in [-0.25, -0.2) is 0 Å². The lowest BCUT2D eigenvalue weighted by Gasteiger charge is -2.39. The summed E-state index contributed by atoms with van der Waals surface area (Å²) in [5.41, 5.74) is 0. The third kappa shape index (κ3) is 6.11. The molecule has 4 nitrogen and oxygen atoms in total. The monoisotopic (exact) mass is 335 g/mol. The van der Waals surface area contributed by atoms with E-state index >= 15 is 0 Å². The molecule has 6 heteroatoms. The molecule has 0 bridgehead atoms. The smallest absolute Gasteiger partial charge is 0.374 e. The first-order chi connectivity index (χ1) is 9.99. The Morgan fingerprint density at radius 2 is 1.10 bits per heavy atom.